The topological polar surface area (TPSA) is 80.8 Å². The minimum absolute atomic E-state index is 0.0682. The second kappa shape index (κ2) is 5.10. The quantitative estimate of drug-likeness (QED) is 0.834. The van der Waals surface area contributed by atoms with Crippen molar-refractivity contribution in [3.05, 3.63) is 41.8 Å². The summed E-state index contributed by atoms with van der Waals surface area (Å²) in [5, 5.41) is 0. The molecule has 1 heterocycles. The molecule has 0 saturated carbocycles. The van der Waals surface area contributed by atoms with E-state index < -0.39 is 20.0 Å². The van der Waals surface area contributed by atoms with Crippen LogP contribution in [-0.4, -0.2) is 33.4 Å². The zero-order valence-electron chi connectivity index (χ0n) is 11.1. The molecular formula is C12H15NO5S2. The van der Waals surface area contributed by atoms with Gasteiger partial charge in [0.15, 0.2) is 0 Å². The minimum Gasteiger partial charge on any atom is -0.499 e. The molecule has 0 spiro atoms. The molecule has 0 atom stereocenters. The first kappa shape index (κ1) is 14.9. The number of nitrogens with zero attached hydrogens (tertiary/aromatic N) is 1. The average molecular weight is 317 g/mol. The van der Waals surface area contributed by atoms with Gasteiger partial charge < -0.3 is 4.74 Å². The van der Waals surface area contributed by atoms with Gasteiger partial charge in [0.25, 0.3) is 10.0 Å². The largest absolute Gasteiger partial charge is 0.499 e. The zero-order valence-corrected chi connectivity index (χ0v) is 12.7. The zero-order chi connectivity index (χ0) is 15.0. The van der Waals surface area contributed by atoms with E-state index in [1.54, 1.807) is 12.1 Å². The third-order valence-corrected chi connectivity index (χ3v) is 6.55. The highest BCUT2D eigenvalue weighted by atomic mass is 32.3. The summed E-state index contributed by atoms with van der Waals surface area (Å²) in [6, 6.07) is 6.01. The predicted octanol–water partition coefficient (Wildman–Crippen LogP) is 1.21. The Labute approximate surface area is 118 Å². The Hall–Kier alpha value is -1.54. The molecule has 20 heavy (non-hydrogen) atoms. The van der Waals surface area contributed by atoms with E-state index >= 15 is 0 Å². The maximum absolute atomic E-state index is 12.5. The van der Waals surface area contributed by atoms with E-state index in [-0.39, 0.29) is 23.6 Å². The number of rotatable bonds is 4. The molecule has 0 amide bonds. The lowest BCUT2D eigenvalue weighted by Gasteiger charge is -2.22. The number of aryl methyl sites for hydroxylation is 1. The summed E-state index contributed by atoms with van der Waals surface area (Å²) in [5.41, 5.74) is 1.01. The van der Waals surface area contributed by atoms with Gasteiger partial charge in [0, 0.05) is 6.42 Å². The van der Waals surface area contributed by atoms with Gasteiger partial charge in [-0.3, -0.25) is 0 Å². The maximum Gasteiger partial charge on any atom is 0.277 e. The Kier molecular flexibility index (Phi) is 3.79. The number of hydrogen-bond donors (Lipinski definition) is 0. The summed E-state index contributed by atoms with van der Waals surface area (Å²) in [7, 11) is -8.13. The highest BCUT2D eigenvalue weighted by Gasteiger charge is 2.35. The number of hydrogen-bond acceptors (Lipinski definition) is 5. The van der Waals surface area contributed by atoms with E-state index in [4.69, 9.17) is 4.74 Å². The predicted molar refractivity (Wildman–Crippen MR) is 73.7 cm³/mol. The molecule has 0 bridgehead atoms. The molecule has 0 aliphatic carbocycles. The number of benzene rings is 1. The van der Waals surface area contributed by atoms with Gasteiger partial charge in [-0.15, -0.1) is 0 Å². The van der Waals surface area contributed by atoms with Crippen LogP contribution in [0.5, 0.6) is 0 Å². The Bertz CT molecular complexity index is 733. The lowest BCUT2D eigenvalue weighted by molar-refractivity contribution is 0.281. The molecule has 0 N–H and O–H groups in total. The van der Waals surface area contributed by atoms with Crippen LogP contribution in [0.1, 0.15) is 12.0 Å². The van der Waals surface area contributed by atoms with Crippen LogP contribution in [0, 0.1) is 6.92 Å². The first-order valence-electron chi connectivity index (χ1n) is 5.86. The number of sulfonamides is 2. The summed E-state index contributed by atoms with van der Waals surface area (Å²) >= 11 is 0. The monoisotopic (exact) mass is 317 g/mol. The molecule has 1 aliphatic rings. The Morgan fingerprint density at radius 2 is 1.70 bits per heavy atom. The van der Waals surface area contributed by atoms with Crippen LogP contribution in [0.25, 0.3) is 0 Å². The van der Waals surface area contributed by atoms with Crippen molar-refractivity contribution < 1.29 is 21.6 Å². The van der Waals surface area contributed by atoms with E-state index in [1.165, 1.54) is 18.4 Å². The molecule has 0 aromatic heterocycles. The van der Waals surface area contributed by atoms with E-state index in [1.807, 2.05) is 6.92 Å². The summed E-state index contributed by atoms with van der Waals surface area (Å²) < 4.78 is 54.2. The van der Waals surface area contributed by atoms with E-state index in [2.05, 4.69) is 0 Å². The molecular weight excluding hydrogens is 302 g/mol. The molecule has 6 nitrogen and oxygen atoms in total. The van der Waals surface area contributed by atoms with Crippen molar-refractivity contribution in [3.63, 3.8) is 0 Å². The van der Waals surface area contributed by atoms with Crippen molar-refractivity contribution in [3.8, 4) is 0 Å². The van der Waals surface area contributed by atoms with E-state index in [0.717, 1.165) is 11.8 Å². The SMILES string of the molecule is Cc1ccc(S(=O)(=O)N(C2=COCC2)S(C)(=O)=O)cc1. The fourth-order valence-corrected chi connectivity index (χ4v) is 5.22. The first-order valence-corrected chi connectivity index (χ1v) is 9.14. The Balaban J connectivity index is 2.56. The molecule has 2 rings (SSSR count). The standard InChI is InChI=1S/C12H15NO5S2/c1-10-3-5-12(6-4-10)20(16,17)13(19(2,14)15)11-7-8-18-9-11/h3-6,9H,7-8H2,1-2H3. The lowest BCUT2D eigenvalue weighted by Crippen LogP contribution is -2.35. The molecule has 1 aliphatic heterocycles. The molecule has 0 radical (unpaired) electrons. The average Bonchev–Trinajstić information content (AvgIpc) is 2.80. The fourth-order valence-electron chi connectivity index (χ4n) is 1.86. The second-order valence-corrected chi connectivity index (χ2v) is 8.36. The summed E-state index contributed by atoms with van der Waals surface area (Å²) in [4.78, 5) is -0.0682. The highest BCUT2D eigenvalue weighted by molar-refractivity contribution is 8.03. The van der Waals surface area contributed by atoms with Crippen LogP contribution in [-0.2, 0) is 24.8 Å². The van der Waals surface area contributed by atoms with Crippen molar-refractivity contribution in [2.45, 2.75) is 18.2 Å². The van der Waals surface area contributed by atoms with Crippen LogP contribution in [0.2, 0.25) is 0 Å². The van der Waals surface area contributed by atoms with Gasteiger partial charge in [0.1, 0.15) is 6.26 Å². The first-order chi connectivity index (χ1) is 9.23. The maximum atomic E-state index is 12.5. The molecule has 0 saturated heterocycles. The van der Waals surface area contributed by atoms with E-state index in [9.17, 15) is 16.8 Å². The normalized spacial score (nSPS) is 15.6. The Morgan fingerprint density at radius 3 is 2.15 bits per heavy atom. The van der Waals surface area contributed by atoms with Crippen molar-refractivity contribution in [1.82, 2.24) is 3.71 Å². The van der Waals surface area contributed by atoms with Crippen molar-refractivity contribution in [2.75, 3.05) is 12.9 Å². The summed E-state index contributed by atoms with van der Waals surface area (Å²) in [6.07, 6.45) is 2.27. The van der Waals surface area contributed by atoms with Gasteiger partial charge in [0.2, 0.25) is 10.0 Å². The third-order valence-electron chi connectivity index (χ3n) is 2.77. The molecule has 1 aromatic rings. The summed E-state index contributed by atoms with van der Waals surface area (Å²) in [6.45, 7) is 2.09. The lowest BCUT2D eigenvalue weighted by atomic mass is 10.2. The van der Waals surface area contributed by atoms with Crippen molar-refractivity contribution in [2.24, 2.45) is 0 Å². The van der Waals surface area contributed by atoms with Crippen LogP contribution < -0.4 is 0 Å². The molecule has 0 fully saturated rings. The van der Waals surface area contributed by atoms with Crippen LogP contribution in [0.15, 0.2) is 41.1 Å². The molecule has 1 aromatic carbocycles. The van der Waals surface area contributed by atoms with Gasteiger partial charge in [-0.1, -0.05) is 17.7 Å². The van der Waals surface area contributed by atoms with Gasteiger partial charge in [-0.2, -0.15) is 3.71 Å². The second-order valence-electron chi connectivity index (χ2n) is 4.51. The van der Waals surface area contributed by atoms with Crippen LogP contribution in [0.4, 0.5) is 0 Å². The van der Waals surface area contributed by atoms with E-state index in [0.29, 0.717) is 3.71 Å². The summed E-state index contributed by atoms with van der Waals surface area (Å²) in [5.74, 6) is 0. The van der Waals surface area contributed by atoms with Gasteiger partial charge in [-0.25, -0.2) is 16.8 Å². The van der Waals surface area contributed by atoms with Gasteiger partial charge in [-0.05, 0) is 19.1 Å². The van der Waals surface area contributed by atoms with Crippen molar-refractivity contribution >= 4 is 20.0 Å². The fraction of sp³-hybridized carbons (Fsp3) is 0.333. The van der Waals surface area contributed by atoms with Gasteiger partial charge >= 0.3 is 0 Å². The molecule has 110 valence electrons. The number of ether oxygens (including phenoxy) is 1. The third kappa shape index (κ3) is 2.80. The molecule has 0 unspecified atom stereocenters. The highest BCUT2D eigenvalue weighted by Crippen LogP contribution is 2.27. The molecule has 8 heteroatoms. The Morgan fingerprint density at radius 1 is 1.10 bits per heavy atom. The van der Waals surface area contributed by atoms with Crippen LogP contribution >= 0.6 is 0 Å². The smallest absolute Gasteiger partial charge is 0.277 e. The minimum atomic E-state index is -4.16. The van der Waals surface area contributed by atoms with Crippen molar-refractivity contribution in [1.29, 1.82) is 0 Å². The van der Waals surface area contributed by atoms with Gasteiger partial charge in [0.05, 0.1) is 23.5 Å². The van der Waals surface area contributed by atoms with Crippen LogP contribution in [0.3, 0.4) is 0 Å².